The zero-order valence-electron chi connectivity index (χ0n) is 12.6. The SMILES string of the molecule is Cc1cc(S(=O)(=O)[O-])ccc1OCC1COc2cscc2O1.[Na+]. The van der Waals surface area contributed by atoms with Gasteiger partial charge in [-0.2, -0.15) is 0 Å². The van der Waals surface area contributed by atoms with Crippen LogP contribution in [0.15, 0.2) is 33.9 Å². The van der Waals surface area contributed by atoms with Crippen molar-refractivity contribution in [2.24, 2.45) is 0 Å². The zero-order chi connectivity index (χ0) is 15.7. The maximum absolute atomic E-state index is 11.0. The fraction of sp³-hybridized carbons (Fsp3) is 0.286. The number of fused-ring (bicyclic) bond motifs is 1. The van der Waals surface area contributed by atoms with Crippen LogP contribution in [-0.2, 0) is 10.1 Å². The first kappa shape index (κ1) is 18.6. The minimum atomic E-state index is -4.45. The van der Waals surface area contributed by atoms with Gasteiger partial charge in [-0.25, -0.2) is 8.42 Å². The second kappa shape index (κ2) is 7.42. The molecule has 6 nitrogen and oxygen atoms in total. The molecule has 118 valence electrons. The second-order valence-electron chi connectivity index (χ2n) is 4.84. The summed E-state index contributed by atoms with van der Waals surface area (Å²) in [6, 6.07) is 4.01. The van der Waals surface area contributed by atoms with Crippen LogP contribution in [0, 0.1) is 6.92 Å². The molecule has 1 aliphatic rings. The van der Waals surface area contributed by atoms with Crippen LogP contribution >= 0.6 is 11.3 Å². The first-order chi connectivity index (χ1) is 10.4. The van der Waals surface area contributed by atoms with Crippen molar-refractivity contribution in [1.82, 2.24) is 0 Å². The Balaban J connectivity index is 0.00000192. The monoisotopic (exact) mass is 364 g/mol. The third kappa shape index (κ3) is 4.40. The maximum Gasteiger partial charge on any atom is 1.00 e. The summed E-state index contributed by atoms with van der Waals surface area (Å²) < 4.78 is 49.8. The van der Waals surface area contributed by atoms with Crippen LogP contribution in [-0.4, -0.2) is 32.3 Å². The standard InChI is InChI=1S/C14H14O6S2.Na/c1-9-4-11(22(15,16)17)2-3-12(9)18-5-10-6-19-13-7-21-8-14(13)20-10;/h2-4,7-8,10H,5-6H2,1H3,(H,15,16,17);/q;+1/p-1. The second-order valence-corrected chi connectivity index (χ2v) is 6.97. The molecule has 1 aromatic heterocycles. The van der Waals surface area contributed by atoms with E-state index in [-0.39, 0.29) is 47.2 Å². The van der Waals surface area contributed by atoms with Crippen molar-refractivity contribution < 1.29 is 56.7 Å². The van der Waals surface area contributed by atoms with Crippen molar-refractivity contribution in [3.8, 4) is 17.2 Å². The zero-order valence-corrected chi connectivity index (χ0v) is 16.3. The number of ether oxygens (including phenoxy) is 3. The number of rotatable bonds is 4. The third-order valence-electron chi connectivity index (χ3n) is 3.17. The van der Waals surface area contributed by atoms with Crippen molar-refractivity contribution in [3.05, 3.63) is 34.5 Å². The topological polar surface area (TPSA) is 84.9 Å². The first-order valence-corrected chi connectivity index (χ1v) is 8.83. The molecular formula is C14H13NaO6S2. The van der Waals surface area contributed by atoms with Gasteiger partial charge < -0.3 is 18.8 Å². The molecule has 2 aromatic rings. The van der Waals surface area contributed by atoms with Crippen molar-refractivity contribution in [2.75, 3.05) is 13.2 Å². The summed E-state index contributed by atoms with van der Waals surface area (Å²) in [6.07, 6.45) is -0.246. The Kier molecular flexibility index (Phi) is 5.99. The smallest absolute Gasteiger partial charge is 0.744 e. The molecule has 0 N–H and O–H groups in total. The van der Waals surface area contributed by atoms with Gasteiger partial charge in [0.2, 0.25) is 0 Å². The Labute approximate surface area is 160 Å². The molecule has 0 saturated heterocycles. The number of hydrogen-bond donors (Lipinski definition) is 0. The summed E-state index contributed by atoms with van der Waals surface area (Å²) in [4.78, 5) is -0.266. The molecule has 0 amide bonds. The summed E-state index contributed by atoms with van der Waals surface area (Å²) in [5.41, 5.74) is 0.574. The number of benzene rings is 1. The van der Waals surface area contributed by atoms with E-state index in [0.29, 0.717) is 23.7 Å². The number of hydrogen-bond acceptors (Lipinski definition) is 7. The van der Waals surface area contributed by atoms with Gasteiger partial charge in [0.25, 0.3) is 0 Å². The predicted molar refractivity (Wildman–Crippen MR) is 78.9 cm³/mol. The molecule has 0 bridgehead atoms. The van der Waals surface area contributed by atoms with E-state index in [4.69, 9.17) is 14.2 Å². The van der Waals surface area contributed by atoms with Gasteiger partial charge in [-0.3, -0.25) is 0 Å². The van der Waals surface area contributed by atoms with E-state index in [0.717, 1.165) is 5.75 Å². The fourth-order valence-corrected chi connectivity index (χ4v) is 3.29. The van der Waals surface area contributed by atoms with Gasteiger partial charge in [-0.05, 0) is 30.7 Å². The Bertz CT molecular complexity index is 786. The van der Waals surface area contributed by atoms with Crippen LogP contribution in [0.5, 0.6) is 17.2 Å². The summed E-state index contributed by atoms with van der Waals surface area (Å²) in [5, 5.41) is 3.74. The molecule has 3 rings (SSSR count). The number of thiophene rings is 1. The van der Waals surface area contributed by atoms with E-state index in [2.05, 4.69) is 0 Å². The summed E-state index contributed by atoms with van der Waals surface area (Å²) >= 11 is 1.50. The van der Waals surface area contributed by atoms with Crippen LogP contribution < -0.4 is 43.8 Å². The summed E-state index contributed by atoms with van der Waals surface area (Å²) in [7, 11) is -4.45. The van der Waals surface area contributed by atoms with Crippen molar-refractivity contribution in [1.29, 1.82) is 0 Å². The predicted octanol–water partition coefficient (Wildman–Crippen LogP) is -0.817. The molecule has 1 unspecified atom stereocenters. The molecule has 23 heavy (non-hydrogen) atoms. The molecule has 1 atom stereocenters. The Morgan fingerprint density at radius 1 is 1.35 bits per heavy atom. The fourth-order valence-electron chi connectivity index (χ4n) is 2.07. The van der Waals surface area contributed by atoms with E-state index in [1.165, 1.54) is 29.5 Å². The Morgan fingerprint density at radius 2 is 2.09 bits per heavy atom. The molecule has 1 aromatic carbocycles. The largest absolute Gasteiger partial charge is 1.00 e. The maximum atomic E-state index is 11.0. The van der Waals surface area contributed by atoms with Crippen LogP contribution in [0.1, 0.15) is 5.56 Å². The van der Waals surface area contributed by atoms with Crippen molar-refractivity contribution >= 4 is 21.5 Å². The van der Waals surface area contributed by atoms with Crippen LogP contribution in [0.3, 0.4) is 0 Å². The normalized spacial score (nSPS) is 16.5. The van der Waals surface area contributed by atoms with E-state index in [1.54, 1.807) is 6.92 Å². The molecular weight excluding hydrogens is 351 g/mol. The molecule has 0 radical (unpaired) electrons. The van der Waals surface area contributed by atoms with Gasteiger partial charge in [0.05, 0.1) is 4.90 Å². The van der Waals surface area contributed by atoms with Gasteiger partial charge in [-0.1, -0.05) is 0 Å². The molecule has 0 saturated carbocycles. The Morgan fingerprint density at radius 3 is 2.78 bits per heavy atom. The van der Waals surface area contributed by atoms with E-state index in [9.17, 15) is 13.0 Å². The van der Waals surface area contributed by atoms with E-state index < -0.39 is 10.1 Å². The van der Waals surface area contributed by atoms with E-state index in [1.807, 2.05) is 10.8 Å². The minimum Gasteiger partial charge on any atom is -0.744 e. The van der Waals surface area contributed by atoms with Crippen LogP contribution in [0.25, 0.3) is 0 Å². The summed E-state index contributed by atoms with van der Waals surface area (Å²) in [6.45, 7) is 2.33. The molecule has 0 fully saturated rings. The summed E-state index contributed by atoms with van der Waals surface area (Å²) in [5.74, 6) is 1.95. The molecule has 0 aliphatic carbocycles. The van der Waals surface area contributed by atoms with Gasteiger partial charge in [0.1, 0.15) is 29.1 Å². The minimum absolute atomic E-state index is 0. The van der Waals surface area contributed by atoms with Gasteiger partial charge in [0, 0.05) is 10.8 Å². The van der Waals surface area contributed by atoms with Gasteiger partial charge in [0.15, 0.2) is 17.6 Å². The average Bonchev–Trinajstić information content (AvgIpc) is 2.92. The molecule has 1 aliphatic heterocycles. The molecule has 0 spiro atoms. The molecule has 9 heteroatoms. The quantitative estimate of drug-likeness (QED) is 0.521. The third-order valence-corrected chi connectivity index (χ3v) is 4.70. The van der Waals surface area contributed by atoms with Gasteiger partial charge >= 0.3 is 29.6 Å². The Hall–Kier alpha value is -0.770. The van der Waals surface area contributed by atoms with Gasteiger partial charge in [-0.15, -0.1) is 11.3 Å². The van der Waals surface area contributed by atoms with Crippen molar-refractivity contribution in [2.45, 2.75) is 17.9 Å². The first-order valence-electron chi connectivity index (χ1n) is 6.48. The number of aryl methyl sites for hydroxylation is 1. The van der Waals surface area contributed by atoms with Crippen LogP contribution in [0.2, 0.25) is 0 Å². The average molecular weight is 364 g/mol. The van der Waals surface area contributed by atoms with Crippen LogP contribution in [0.4, 0.5) is 0 Å². The molecule has 2 heterocycles. The van der Waals surface area contributed by atoms with E-state index >= 15 is 0 Å². The van der Waals surface area contributed by atoms with Crippen molar-refractivity contribution in [3.63, 3.8) is 0 Å².